The summed E-state index contributed by atoms with van der Waals surface area (Å²) in [6, 6.07) is 0. The smallest absolute Gasteiger partial charge is 0 e. The Labute approximate surface area is 106 Å². The molecule has 0 aromatic carbocycles. The van der Waals surface area contributed by atoms with Crippen LogP contribution in [0.15, 0.2) is 0 Å². The molecule has 0 unspecified atom stereocenters. The molecule has 5 heavy (non-hydrogen) atoms. The molecule has 0 aliphatic rings. The first-order chi connectivity index (χ1) is 0. The van der Waals surface area contributed by atoms with E-state index in [1.54, 1.807) is 0 Å². The maximum absolute atomic E-state index is 0. The summed E-state index contributed by atoms with van der Waals surface area (Å²) in [6.07, 6.45) is 0. The van der Waals surface area contributed by atoms with Gasteiger partial charge in [-0.3, -0.25) is 0 Å². The van der Waals surface area contributed by atoms with Gasteiger partial charge in [-0.1, -0.05) is 0 Å². The van der Waals surface area contributed by atoms with Crippen molar-refractivity contribution in [1.82, 2.24) is 0 Å². The second kappa shape index (κ2) is 26.3. The number of hydrogen-bond donors (Lipinski definition) is 0. The van der Waals surface area contributed by atoms with Gasteiger partial charge in [0.25, 0.3) is 0 Å². The molecule has 0 rings (SSSR count). The molecule has 0 N–H and O–H groups in total. The van der Waals surface area contributed by atoms with Crippen LogP contribution in [-0.4, -0.2) is 17.4 Å². The van der Waals surface area contributed by atoms with E-state index in [-0.39, 0.29) is 108 Å². The Hall–Kier alpha value is 3.38. The van der Waals surface area contributed by atoms with Gasteiger partial charge in [0.1, 0.15) is 0 Å². The average Bonchev–Trinajstić information content (AvgIpc) is 0. The van der Waals surface area contributed by atoms with Crippen LogP contribution in [0.3, 0.4) is 0 Å². The quantitative estimate of drug-likeness (QED) is 0.479. The first kappa shape index (κ1) is 40.0. The molecule has 0 atom stereocenters. The summed E-state index contributed by atoms with van der Waals surface area (Å²) in [5.74, 6) is 0. The maximum Gasteiger partial charge on any atom is 0.187 e. The van der Waals surface area contributed by atoms with Gasteiger partial charge in [0.2, 0.25) is 0 Å². The monoisotopic (exact) mass is 358 g/mol. The second-order valence-electron chi connectivity index (χ2n) is 0. The van der Waals surface area contributed by atoms with Crippen LogP contribution < -0.4 is 0 Å². The zero-order valence-electron chi connectivity index (χ0n) is 1.39. The molecule has 5 heteroatoms. The van der Waals surface area contributed by atoms with Gasteiger partial charge >= 0.3 is 0 Å². The van der Waals surface area contributed by atoms with Crippen molar-refractivity contribution in [3.63, 3.8) is 0 Å². The molecule has 2 radical (unpaired) electrons. The van der Waals surface area contributed by atoms with Crippen molar-refractivity contribution in [2.75, 3.05) is 0 Å². The van der Waals surface area contributed by atoms with E-state index in [1.165, 1.54) is 0 Å². The SMILES string of the molecule is [AlH3].[Co].[Co].[Ni].[Sm]. The van der Waals surface area contributed by atoms with E-state index in [0.717, 1.165) is 0 Å². The zero-order valence-corrected chi connectivity index (χ0v) is 7.08. The van der Waals surface area contributed by atoms with Crippen molar-refractivity contribution in [3.05, 3.63) is 0 Å². The molecular formula is H3AlCo2NiSm. The van der Waals surface area contributed by atoms with Crippen molar-refractivity contribution in [1.29, 1.82) is 0 Å². The predicted molar refractivity (Wildman–Crippen MR) is 9.94 cm³/mol. The normalized spacial score (nSPS) is 0. The van der Waals surface area contributed by atoms with Gasteiger partial charge in [0.05, 0.1) is 0 Å². The fourth-order valence-electron chi connectivity index (χ4n) is 0. The minimum Gasteiger partial charge on any atom is 0 e. The minimum absolute atomic E-state index is 0. The Morgan fingerprint density at radius 1 is 0.800 bits per heavy atom. The Morgan fingerprint density at radius 3 is 0.800 bits per heavy atom. The molecule has 0 aromatic rings. The standard InChI is InChI=1S/Al.2Co.Ni.Sm.3H. The number of hydrogen-bond acceptors (Lipinski definition) is 0. The summed E-state index contributed by atoms with van der Waals surface area (Å²) >= 11 is 0. The van der Waals surface area contributed by atoms with Crippen LogP contribution in [0.5, 0.6) is 0 Å². The van der Waals surface area contributed by atoms with Crippen molar-refractivity contribution in [3.8, 4) is 0 Å². The molecule has 0 aliphatic carbocycles. The Morgan fingerprint density at radius 2 is 0.800 bits per heavy atom. The van der Waals surface area contributed by atoms with Gasteiger partial charge in [-0.25, -0.2) is 0 Å². The van der Waals surface area contributed by atoms with Crippen LogP contribution in [0.1, 0.15) is 0 Å². The summed E-state index contributed by atoms with van der Waals surface area (Å²) in [5, 5.41) is 0. The molecule has 0 fully saturated rings. The van der Waals surface area contributed by atoms with Crippen LogP contribution in [0.4, 0.5) is 0 Å². The molecule has 0 heterocycles. The van der Waals surface area contributed by atoms with Crippen molar-refractivity contribution < 1.29 is 90.4 Å². The fourth-order valence-corrected chi connectivity index (χ4v) is 0. The summed E-state index contributed by atoms with van der Waals surface area (Å²) in [7, 11) is 0. The molecule has 40 valence electrons. The largest absolute Gasteiger partial charge is 0.187 e. The van der Waals surface area contributed by atoms with Crippen LogP contribution in [-0.2, 0) is 50.0 Å². The molecule has 0 nitrogen and oxygen atoms in total. The zero-order chi connectivity index (χ0) is 0. The summed E-state index contributed by atoms with van der Waals surface area (Å²) in [4.78, 5) is 0. The second-order valence-corrected chi connectivity index (χ2v) is 0. The number of rotatable bonds is 0. The molecule has 0 bridgehead atoms. The first-order valence-electron chi connectivity index (χ1n) is 0. The predicted octanol–water partition coefficient (Wildman–Crippen LogP) is -1.19. The molecule has 0 spiro atoms. The molecule has 0 amide bonds. The van der Waals surface area contributed by atoms with E-state index < -0.39 is 0 Å². The molecule has 0 saturated heterocycles. The van der Waals surface area contributed by atoms with Crippen LogP contribution in [0.25, 0.3) is 0 Å². The van der Waals surface area contributed by atoms with E-state index in [2.05, 4.69) is 0 Å². The topological polar surface area (TPSA) is 0 Å². The Kier molecular flexibility index (Phi) is 210. The average molecular weight is 357 g/mol. The molecule has 0 aromatic heterocycles. The van der Waals surface area contributed by atoms with Crippen molar-refractivity contribution in [2.45, 2.75) is 0 Å². The van der Waals surface area contributed by atoms with Gasteiger partial charge in [-0.05, 0) is 0 Å². The molecule has 0 aliphatic heterocycles. The van der Waals surface area contributed by atoms with Crippen LogP contribution in [0, 0.1) is 40.4 Å². The summed E-state index contributed by atoms with van der Waals surface area (Å²) in [6.45, 7) is 0. The Balaban J connectivity index is 0. The van der Waals surface area contributed by atoms with Crippen molar-refractivity contribution >= 4 is 17.4 Å². The van der Waals surface area contributed by atoms with E-state index in [0.29, 0.717) is 0 Å². The van der Waals surface area contributed by atoms with Gasteiger partial charge in [-0.15, -0.1) is 0 Å². The van der Waals surface area contributed by atoms with Gasteiger partial charge in [-0.2, -0.15) is 0 Å². The third kappa shape index (κ3) is 18.7. The minimum atomic E-state index is 0. The fraction of sp³-hybridized carbons (Fsp3) is 0. The van der Waals surface area contributed by atoms with Crippen molar-refractivity contribution in [2.24, 2.45) is 0 Å². The van der Waals surface area contributed by atoms with Gasteiger partial charge in [0, 0.05) is 90.4 Å². The Bertz CT molecular complexity index is 9.61. The van der Waals surface area contributed by atoms with E-state index in [9.17, 15) is 0 Å². The summed E-state index contributed by atoms with van der Waals surface area (Å²) < 4.78 is 0. The van der Waals surface area contributed by atoms with E-state index in [1.807, 2.05) is 0 Å². The van der Waals surface area contributed by atoms with E-state index >= 15 is 0 Å². The van der Waals surface area contributed by atoms with Gasteiger partial charge in [0.15, 0.2) is 17.4 Å². The van der Waals surface area contributed by atoms with Gasteiger partial charge < -0.3 is 0 Å². The first-order valence-corrected chi connectivity index (χ1v) is 0. The summed E-state index contributed by atoms with van der Waals surface area (Å²) in [5.41, 5.74) is 0. The maximum atomic E-state index is 0. The molecule has 0 saturated carbocycles. The third-order valence-electron chi connectivity index (χ3n) is 0. The molecular weight excluding hydrogens is 354 g/mol. The van der Waals surface area contributed by atoms with Crippen LogP contribution >= 0.6 is 0 Å². The van der Waals surface area contributed by atoms with Crippen LogP contribution in [0.2, 0.25) is 0 Å². The third-order valence-corrected chi connectivity index (χ3v) is 0. The van der Waals surface area contributed by atoms with E-state index in [4.69, 9.17) is 0 Å².